The third-order valence-electron chi connectivity index (χ3n) is 4.99. The van der Waals surface area contributed by atoms with E-state index in [1.165, 1.54) is 12.8 Å². The lowest BCUT2D eigenvalue weighted by molar-refractivity contribution is 0.0699. The van der Waals surface area contributed by atoms with Gasteiger partial charge in [-0.05, 0) is 24.3 Å². The number of carbonyl (C=O) groups excluding carboxylic acids is 1. The van der Waals surface area contributed by atoms with Crippen LogP contribution in [0.5, 0.6) is 0 Å². The number of benzene rings is 1. The van der Waals surface area contributed by atoms with E-state index in [-0.39, 0.29) is 11.3 Å². The van der Waals surface area contributed by atoms with Crippen molar-refractivity contribution in [3.05, 3.63) is 36.0 Å². The van der Waals surface area contributed by atoms with Crippen LogP contribution < -0.4 is 0 Å². The summed E-state index contributed by atoms with van der Waals surface area (Å²) in [6.07, 6.45) is 6.65. The molecule has 1 aliphatic rings. The third kappa shape index (κ3) is 2.07. The molecule has 2 aromatic rings. The lowest BCUT2D eigenvalue weighted by Crippen LogP contribution is -2.34. The summed E-state index contributed by atoms with van der Waals surface area (Å²) >= 11 is 0. The van der Waals surface area contributed by atoms with Crippen LogP contribution in [0.25, 0.3) is 10.9 Å². The fourth-order valence-corrected chi connectivity index (χ4v) is 3.71. The maximum absolute atomic E-state index is 13.0. The van der Waals surface area contributed by atoms with Crippen LogP contribution in [-0.4, -0.2) is 10.4 Å². The van der Waals surface area contributed by atoms with Crippen molar-refractivity contribution in [2.75, 3.05) is 0 Å². The van der Waals surface area contributed by atoms with Gasteiger partial charge in [-0.3, -0.25) is 4.79 Å². The number of hydrogen-bond acceptors (Lipinski definition) is 1. The molecule has 1 atom stereocenters. The molecule has 106 valence electrons. The Balaban J connectivity index is 2.04. The van der Waals surface area contributed by atoms with E-state index in [9.17, 15) is 4.79 Å². The summed E-state index contributed by atoms with van der Waals surface area (Å²) in [5.41, 5.74) is 2.18. The Bertz CT molecular complexity index is 650. The van der Waals surface area contributed by atoms with Crippen molar-refractivity contribution in [3.63, 3.8) is 0 Å². The van der Waals surface area contributed by atoms with Gasteiger partial charge in [0.05, 0.1) is 0 Å². The predicted molar refractivity (Wildman–Crippen MR) is 83.0 cm³/mol. The average Bonchev–Trinajstić information content (AvgIpc) is 2.76. The van der Waals surface area contributed by atoms with Gasteiger partial charge in [-0.25, -0.2) is 0 Å². The lowest BCUT2D eigenvalue weighted by Gasteiger charge is -2.37. The first-order valence-corrected chi connectivity index (χ1v) is 7.59. The summed E-state index contributed by atoms with van der Waals surface area (Å²) in [4.78, 5) is 13.0. The number of hydrogen-bond donors (Lipinski definition) is 0. The average molecular weight is 269 g/mol. The SMILES string of the molecule is Cn1cc(C(=O)C2CCCCC2(C)C)c2ccccc21. The summed E-state index contributed by atoms with van der Waals surface area (Å²) in [5.74, 6) is 0.508. The first kappa shape index (κ1) is 13.4. The number of aromatic nitrogens is 1. The quantitative estimate of drug-likeness (QED) is 0.732. The van der Waals surface area contributed by atoms with Crippen molar-refractivity contribution >= 4 is 16.7 Å². The number of ketones is 1. The molecule has 2 nitrogen and oxygen atoms in total. The minimum absolute atomic E-state index is 0.131. The van der Waals surface area contributed by atoms with Crippen molar-refractivity contribution in [1.29, 1.82) is 0 Å². The maximum atomic E-state index is 13.0. The summed E-state index contributed by atoms with van der Waals surface area (Å²) < 4.78 is 2.07. The smallest absolute Gasteiger partial charge is 0.168 e. The van der Waals surface area contributed by atoms with E-state index < -0.39 is 0 Å². The summed E-state index contributed by atoms with van der Waals surface area (Å²) in [6, 6.07) is 8.20. The normalized spacial score (nSPS) is 22.1. The predicted octanol–water partition coefficient (Wildman–Crippen LogP) is 4.58. The number of nitrogens with zero attached hydrogens (tertiary/aromatic N) is 1. The molecule has 0 radical (unpaired) electrons. The molecule has 3 rings (SSSR count). The van der Waals surface area contributed by atoms with Gasteiger partial charge in [-0.2, -0.15) is 0 Å². The summed E-state index contributed by atoms with van der Waals surface area (Å²) in [6.45, 7) is 4.50. The second-order valence-corrected chi connectivity index (χ2v) is 6.82. The number of fused-ring (bicyclic) bond motifs is 1. The van der Waals surface area contributed by atoms with Crippen molar-refractivity contribution in [1.82, 2.24) is 4.57 Å². The fourth-order valence-electron chi connectivity index (χ4n) is 3.71. The van der Waals surface area contributed by atoms with Crippen LogP contribution in [0.2, 0.25) is 0 Å². The molecular weight excluding hydrogens is 246 g/mol. The van der Waals surface area contributed by atoms with E-state index >= 15 is 0 Å². The molecule has 1 heterocycles. The van der Waals surface area contributed by atoms with E-state index in [0.29, 0.717) is 5.78 Å². The molecule has 20 heavy (non-hydrogen) atoms. The van der Waals surface area contributed by atoms with E-state index in [0.717, 1.165) is 29.3 Å². The Morgan fingerprint density at radius 3 is 2.75 bits per heavy atom. The highest BCUT2D eigenvalue weighted by Crippen LogP contribution is 2.42. The molecule has 1 saturated carbocycles. The number of Topliss-reactive ketones (excluding diaryl/α,β-unsaturated/α-hetero) is 1. The summed E-state index contributed by atoms with van der Waals surface area (Å²) in [5, 5.41) is 1.10. The topological polar surface area (TPSA) is 22.0 Å². The molecule has 1 unspecified atom stereocenters. The number of para-hydroxylation sites is 1. The first-order chi connectivity index (χ1) is 9.50. The Morgan fingerprint density at radius 2 is 2.00 bits per heavy atom. The zero-order chi connectivity index (χ0) is 14.3. The number of carbonyl (C=O) groups is 1. The van der Waals surface area contributed by atoms with E-state index in [1.54, 1.807) is 0 Å². The number of aryl methyl sites for hydroxylation is 1. The van der Waals surface area contributed by atoms with E-state index in [2.05, 4.69) is 30.5 Å². The third-order valence-corrected chi connectivity index (χ3v) is 4.99. The van der Waals surface area contributed by atoms with Gasteiger partial charge in [0, 0.05) is 35.6 Å². The Labute approximate surface area is 120 Å². The van der Waals surface area contributed by atoms with Crippen LogP contribution in [0.4, 0.5) is 0 Å². The zero-order valence-electron chi connectivity index (χ0n) is 12.6. The minimum Gasteiger partial charge on any atom is -0.350 e. The molecular formula is C18H23NO. The van der Waals surface area contributed by atoms with Gasteiger partial charge in [-0.1, -0.05) is 44.9 Å². The first-order valence-electron chi connectivity index (χ1n) is 7.59. The molecule has 0 bridgehead atoms. The van der Waals surface area contributed by atoms with Gasteiger partial charge in [-0.15, -0.1) is 0 Å². The standard InChI is InChI=1S/C18H23NO/c1-18(2)11-7-6-9-15(18)17(20)14-12-19(3)16-10-5-4-8-13(14)16/h4-5,8,10,12,15H,6-7,9,11H2,1-3H3. The second kappa shape index (κ2) is 4.76. The molecule has 0 aliphatic heterocycles. The molecule has 0 N–H and O–H groups in total. The highest BCUT2D eigenvalue weighted by atomic mass is 16.1. The minimum atomic E-state index is 0.131. The lowest BCUT2D eigenvalue weighted by atomic mass is 9.66. The highest BCUT2D eigenvalue weighted by Gasteiger charge is 2.38. The van der Waals surface area contributed by atoms with Crippen LogP contribution in [0.1, 0.15) is 49.9 Å². The molecule has 0 amide bonds. The zero-order valence-corrected chi connectivity index (χ0v) is 12.6. The van der Waals surface area contributed by atoms with Crippen LogP contribution in [0.15, 0.2) is 30.5 Å². The van der Waals surface area contributed by atoms with Crippen molar-refractivity contribution in [2.24, 2.45) is 18.4 Å². The van der Waals surface area contributed by atoms with Gasteiger partial charge >= 0.3 is 0 Å². The molecule has 1 aliphatic carbocycles. The van der Waals surface area contributed by atoms with Crippen LogP contribution >= 0.6 is 0 Å². The maximum Gasteiger partial charge on any atom is 0.168 e. The van der Waals surface area contributed by atoms with Crippen molar-refractivity contribution in [2.45, 2.75) is 39.5 Å². The van der Waals surface area contributed by atoms with E-state index in [4.69, 9.17) is 0 Å². The monoisotopic (exact) mass is 269 g/mol. The van der Waals surface area contributed by atoms with Crippen LogP contribution in [-0.2, 0) is 7.05 Å². The highest BCUT2D eigenvalue weighted by molar-refractivity contribution is 6.09. The van der Waals surface area contributed by atoms with Gasteiger partial charge < -0.3 is 4.57 Å². The van der Waals surface area contributed by atoms with Gasteiger partial charge in [0.15, 0.2) is 5.78 Å². The molecule has 2 heteroatoms. The van der Waals surface area contributed by atoms with Crippen molar-refractivity contribution < 1.29 is 4.79 Å². The Morgan fingerprint density at radius 1 is 1.25 bits per heavy atom. The summed E-state index contributed by atoms with van der Waals surface area (Å²) in [7, 11) is 2.02. The van der Waals surface area contributed by atoms with Crippen molar-refractivity contribution in [3.8, 4) is 0 Å². The molecule has 1 fully saturated rings. The second-order valence-electron chi connectivity index (χ2n) is 6.82. The molecule has 0 spiro atoms. The largest absolute Gasteiger partial charge is 0.350 e. The van der Waals surface area contributed by atoms with Crippen LogP contribution in [0.3, 0.4) is 0 Å². The van der Waals surface area contributed by atoms with Crippen LogP contribution in [0, 0.1) is 11.3 Å². The van der Waals surface area contributed by atoms with E-state index in [1.807, 2.05) is 25.4 Å². The van der Waals surface area contributed by atoms with Gasteiger partial charge in [0.2, 0.25) is 0 Å². The Kier molecular flexibility index (Phi) is 3.19. The van der Waals surface area contributed by atoms with Gasteiger partial charge in [0.1, 0.15) is 0 Å². The number of rotatable bonds is 2. The fraction of sp³-hybridized carbons (Fsp3) is 0.500. The van der Waals surface area contributed by atoms with Gasteiger partial charge in [0.25, 0.3) is 0 Å². The molecule has 1 aromatic carbocycles. The molecule has 0 saturated heterocycles. The molecule has 1 aromatic heterocycles. The Hall–Kier alpha value is -1.57.